The van der Waals surface area contributed by atoms with Gasteiger partial charge in [-0.15, -0.1) is 0 Å². The van der Waals surface area contributed by atoms with Gasteiger partial charge in [0.2, 0.25) is 11.8 Å². The maximum Gasteiger partial charge on any atom is 0.224 e. The molecule has 2 amide bonds. The molecule has 0 unspecified atom stereocenters. The standard InChI is InChI=1S/C20H32N2O3/c1-19(2,3)13-18(25)22-16-8-6-15(7-9-16)12-17(24)21-14-20(4,5)10-11-23/h6-9,23H,10-14H2,1-5H3,(H,21,24)(H,22,25). The molecule has 0 fully saturated rings. The lowest BCUT2D eigenvalue weighted by Gasteiger charge is -2.23. The Morgan fingerprint density at radius 3 is 2.12 bits per heavy atom. The number of aliphatic hydroxyl groups excluding tert-OH is 1. The largest absolute Gasteiger partial charge is 0.396 e. The van der Waals surface area contributed by atoms with Gasteiger partial charge in [-0.1, -0.05) is 46.8 Å². The highest BCUT2D eigenvalue weighted by molar-refractivity contribution is 5.91. The van der Waals surface area contributed by atoms with E-state index in [-0.39, 0.29) is 29.3 Å². The van der Waals surface area contributed by atoms with Crippen LogP contribution in [0.2, 0.25) is 0 Å². The Bertz CT molecular complexity index is 572. The molecule has 5 nitrogen and oxygen atoms in total. The van der Waals surface area contributed by atoms with Crippen molar-refractivity contribution in [2.45, 2.75) is 53.9 Å². The lowest BCUT2D eigenvalue weighted by atomic mass is 9.89. The molecular weight excluding hydrogens is 316 g/mol. The number of carbonyl (C=O) groups excluding carboxylic acids is 2. The Hall–Kier alpha value is -1.88. The Labute approximate surface area is 151 Å². The van der Waals surface area contributed by atoms with Gasteiger partial charge in [-0.2, -0.15) is 0 Å². The first kappa shape index (κ1) is 21.2. The second-order valence-electron chi connectivity index (χ2n) is 8.57. The van der Waals surface area contributed by atoms with Crippen molar-refractivity contribution in [3.63, 3.8) is 0 Å². The molecule has 0 aliphatic carbocycles. The third kappa shape index (κ3) is 9.25. The number of nitrogens with one attached hydrogen (secondary N) is 2. The third-order valence-electron chi connectivity index (χ3n) is 3.85. The van der Waals surface area contributed by atoms with Crippen molar-refractivity contribution < 1.29 is 14.7 Å². The van der Waals surface area contributed by atoms with Crippen molar-refractivity contribution in [2.75, 3.05) is 18.5 Å². The van der Waals surface area contributed by atoms with E-state index in [1.165, 1.54) is 0 Å². The highest BCUT2D eigenvalue weighted by atomic mass is 16.3. The molecule has 1 rings (SSSR count). The van der Waals surface area contributed by atoms with Crippen LogP contribution in [0.3, 0.4) is 0 Å². The molecule has 1 aromatic carbocycles. The fourth-order valence-corrected chi connectivity index (χ4v) is 2.37. The van der Waals surface area contributed by atoms with Crippen molar-refractivity contribution in [3.05, 3.63) is 29.8 Å². The number of anilines is 1. The van der Waals surface area contributed by atoms with E-state index in [1.807, 2.05) is 58.9 Å². The number of rotatable bonds is 8. The molecule has 0 heterocycles. The van der Waals surface area contributed by atoms with Crippen molar-refractivity contribution in [1.29, 1.82) is 0 Å². The Morgan fingerprint density at radius 1 is 1.00 bits per heavy atom. The van der Waals surface area contributed by atoms with E-state index >= 15 is 0 Å². The first-order valence-corrected chi connectivity index (χ1v) is 8.77. The predicted molar refractivity (Wildman–Crippen MR) is 101 cm³/mol. The van der Waals surface area contributed by atoms with Gasteiger partial charge in [-0.25, -0.2) is 0 Å². The summed E-state index contributed by atoms with van der Waals surface area (Å²) in [6.45, 7) is 10.7. The number of amides is 2. The van der Waals surface area contributed by atoms with E-state index in [0.29, 0.717) is 25.8 Å². The summed E-state index contributed by atoms with van der Waals surface area (Å²) in [6, 6.07) is 7.34. The first-order chi connectivity index (χ1) is 11.5. The zero-order valence-electron chi connectivity index (χ0n) is 16.1. The maximum absolute atomic E-state index is 12.0. The topological polar surface area (TPSA) is 78.4 Å². The summed E-state index contributed by atoms with van der Waals surface area (Å²) in [5, 5.41) is 14.8. The smallest absolute Gasteiger partial charge is 0.224 e. The van der Waals surface area contributed by atoms with Crippen LogP contribution < -0.4 is 10.6 Å². The molecular formula is C20H32N2O3. The van der Waals surface area contributed by atoms with Crippen LogP contribution in [0.25, 0.3) is 0 Å². The minimum atomic E-state index is -0.119. The summed E-state index contributed by atoms with van der Waals surface area (Å²) in [5.74, 6) is -0.0559. The molecule has 5 heteroatoms. The van der Waals surface area contributed by atoms with Crippen LogP contribution in [0, 0.1) is 10.8 Å². The summed E-state index contributed by atoms with van der Waals surface area (Å²) in [4.78, 5) is 24.0. The lowest BCUT2D eigenvalue weighted by Crippen LogP contribution is -2.35. The highest BCUT2D eigenvalue weighted by Gasteiger charge is 2.18. The van der Waals surface area contributed by atoms with Crippen molar-refractivity contribution in [1.82, 2.24) is 5.32 Å². The molecule has 0 saturated carbocycles. The summed E-state index contributed by atoms with van der Waals surface area (Å²) in [6.07, 6.45) is 1.41. The minimum absolute atomic E-state index is 0.0101. The molecule has 0 aliphatic rings. The van der Waals surface area contributed by atoms with E-state index in [0.717, 1.165) is 11.3 Å². The maximum atomic E-state index is 12.0. The molecule has 0 aliphatic heterocycles. The quantitative estimate of drug-likeness (QED) is 0.675. The number of aliphatic hydroxyl groups is 1. The molecule has 0 aromatic heterocycles. The normalized spacial score (nSPS) is 11.9. The summed E-state index contributed by atoms with van der Waals surface area (Å²) >= 11 is 0. The average Bonchev–Trinajstić information content (AvgIpc) is 2.45. The van der Waals surface area contributed by atoms with Gasteiger partial charge in [0.05, 0.1) is 6.42 Å². The Balaban J connectivity index is 2.48. The second-order valence-corrected chi connectivity index (χ2v) is 8.57. The van der Waals surface area contributed by atoms with Crippen LogP contribution >= 0.6 is 0 Å². The molecule has 3 N–H and O–H groups in total. The van der Waals surface area contributed by atoms with Crippen LogP contribution in [-0.2, 0) is 16.0 Å². The average molecular weight is 348 g/mol. The summed E-state index contributed by atoms with van der Waals surface area (Å²) < 4.78 is 0. The number of hydrogen-bond donors (Lipinski definition) is 3. The second kappa shape index (κ2) is 8.99. The van der Waals surface area contributed by atoms with Gasteiger partial charge in [0.15, 0.2) is 0 Å². The van der Waals surface area contributed by atoms with Crippen LogP contribution in [-0.4, -0.2) is 30.1 Å². The van der Waals surface area contributed by atoms with E-state index in [2.05, 4.69) is 10.6 Å². The van der Waals surface area contributed by atoms with Crippen LogP contribution in [0.15, 0.2) is 24.3 Å². The molecule has 25 heavy (non-hydrogen) atoms. The van der Waals surface area contributed by atoms with Gasteiger partial charge in [-0.05, 0) is 34.9 Å². The van der Waals surface area contributed by atoms with Crippen molar-refractivity contribution >= 4 is 17.5 Å². The van der Waals surface area contributed by atoms with Gasteiger partial charge in [0, 0.05) is 25.3 Å². The van der Waals surface area contributed by atoms with E-state index in [1.54, 1.807) is 0 Å². The predicted octanol–water partition coefficient (Wildman–Crippen LogP) is 3.13. The molecule has 0 saturated heterocycles. The zero-order chi connectivity index (χ0) is 19.1. The van der Waals surface area contributed by atoms with Gasteiger partial charge < -0.3 is 15.7 Å². The highest BCUT2D eigenvalue weighted by Crippen LogP contribution is 2.20. The molecule has 0 atom stereocenters. The fourth-order valence-electron chi connectivity index (χ4n) is 2.37. The SMILES string of the molecule is CC(C)(C)CC(=O)Nc1ccc(CC(=O)NCC(C)(C)CCO)cc1. The Kier molecular flexibility index (Phi) is 7.61. The fraction of sp³-hybridized carbons (Fsp3) is 0.600. The van der Waals surface area contributed by atoms with Gasteiger partial charge in [0.25, 0.3) is 0 Å². The zero-order valence-corrected chi connectivity index (χ0v) is 16.1. The van der Waals surface area contributed by atoms with Crippen molar-refractivity contribution in [3.8, 4) is 0 Å². The van der Waals surface area contributed by atoms with E-state index < -0.39 is 0 Å². The summed E-state index contributed by atoms with van der Waals surface area (Å²) in [5.41, 5.74) is 1.46. The molecule has 140 valence electrons. The van der Waals surface area contributed by atoms with Gasteiger partial charge in [-0.3, -0.25) is 9.59 Å². The van der Waals surface area contributed by atoms with Crippen LogP contribution in [0.4, 0.5) is 5.69 Å². The molecule has 1 aromatic rings. The van der Waals surface area contributed by atoms with Gasteiger partial charge in [0.1, 0.15) is 0 Å². The monoisotopic (exact) mass is 348 g/mol. The number of carbonyl (C=O) groups is 2. The Morgan fingerprint density at radius 2 is 1.60 bits per heavy atom. The number of benzene rings is 1. The number of hydrogen-bond acceptors (Lipinski definition) is 3. The molecule has 0 spiro atoms. The third-order valence-corrected chi connectivity index (χ3v) is 3.85. The van der Waals surface area contributed by atoms with E-state index in [4.69, 9.17) is 5.11 Å². The molecule has 0 radical (unpaired) electrons. The van der Waals surface area contributed by atoms with Crippen LogP contribution in [0.5, 0.6) is 0 Å². The summed E-state index contributed by atoms with van der Waals surface area (Å²) in [7, 11) is 0. The minimum Gasteiger partial charge on any atom is -0.396 e. The van der Waals surface area contributed by atoms with E-state index in [9.17, 15) is 9.59 Å². The lowest BCUT2D eigenvalue weighted by molar-refractivity contribution is -0.121. The molecule has 0 bridgehead atoms. The van der Waals surface area contributed by atoms with Crippen molar-refractivity contribution in [2.24, 2.45) is 10.8 Å². The van der Waals surface area contributed by atoms with Crippen LogP contribution in [0.1, 0.15) is 53.0 Å². The van der Waals surface area contributed by atoms with Gasteiger partial charge >= 0.3 is 0 Å². The first-order valence-electron chi connectivity index (χ1n) is 8.77.